The number of hydrogen-bond acceptors (Lipinski definition) is 2. The van der Waals surface area contributed by atoms with E-state index in [1.165, 1.54) is 0 Å². The van der Waals surface area contributed by atoms with Crippen molar-refractivity contribution < 1.29 is 0 Å². The van der Waals surface area contributed by atoms with Gasteiger partial charge in [0.05, 0.1) is 11.4 Å². The Hall–Kier alpha value is -6.00. The molecule has 0 aliphatic heterocycles. The SMILES string of the molecule is [B]c1c([B])c([B])c(-c2c([B])c([B])c(-c3cc(-c4ccc(-c5ccc(-n6c7c([B])c([B])c([B])c([B])c7c7c([B])c([B])c([B])c([B])c76)cc5)c5ccccc45)nc(-c4ccccc4)n3)c([B])c2[B])c([B])c1[B]. The van der Waals surface area contributed by atoms with Crippen LogP contribution < -0.4 is 92.9 Å². The monoisotopic (exact) mass is 845 g/mol. The van der Waals surface area contributed by atoms with Crippen molar-refractivity contribution in [1.29, 1.82) is 0 Å². The van der Waals surface area contributed by atoms with Gasteiger partial charge in [-0.3, -0.25) is 0 Å². The first-order chi connectivity index (χ1) is 33.3. The third-order valence-corrected chi connectivity index (χ3v) is 13.2. The standard InChI is InChI=1S/C50H16B17N3/c51-31-26(32(52)34(54)27(33(31)53)28-35(55)39(59)43(63)40(60)36(28)56)25-16-24(68-50(69-25)18-6-2-1-3-7-18)23-15-14-20(21-8-4-5-9-22(21)23)17-10-12-19(13-11-17)70-48-29(37(57)41(61)44(64)46(48)66)30-38(58)42(62)45(65)47(67)49(30)70/h1-16H. The van der Waals surface area contributed by atoms with Crippen LogP contribution in [-0.4, -0.2) is 148 Å². The van der Waals surface area contributed by atoms with Gasteiger partial charge in [-0.05, 0) is 67.6 Å². The van der Waals surface area contributed by atoms with Gasteiger partial charge in [0, 0.05) is 27.8 Å². The predicted molar refractivity (Wildman–Crippen MR) is 313 cm³/mol. The Labute approximate surface area is 429 Å². The highest BCUT2D eigenvalue weighted by Crippen LogP contribution is 2.37. The first kappa shape index (κ1) is 47.7. The van der Waals surface area contributed by atoms with Crippen LogP contribution in [0.1, 0.15) is 0 Å². The van der Waals surface area contributed by atoms with Crippen LogP contribution in [0.4, 0.5) is 0 Å². The molecule has 0 saturated heterocycles. The molecular formula is C50H16B17N3. The van der Waals surface area contributed by atoms with Crippen LogP contribution in [0.15, 0.2) is 97.1 Å². The molecular weight excluding hydrogens is 826 g/mol. The number of hydrogen-bond donors (Lipinski definition) is 0. The van der Waals surface area contributed by atoms with E-state index in [1.54, 1.807) is 6.07 Å². The fourth-order valence-electron chi connectivity index (χ4n) is 9.46. The number of fused-ring (bicyclic) bond motifs is 4. The Morgan fingerprint density at radius 1 is 0.300 bits per heavy atom. The van der Waals surface area contributed by atoms with E-state index in [0.29, 0.717) is 44.7 Å². The number of nitrogens with zero attached hydrogens (tertiary/aromatic N) is 3. The highest BCUT2D eigenvalue weighted by molar-refractivity contribution is 6.73. The van der Waals surface area contributed by atoms with Crippen LogP contribution in [-0.2, 0) is 0 Å². The van der Waals surface area contributed by atoms with Gasteiger partial charge in [0.2, 0.25) is 0 Å². The molecule has 282 valence electrons. The van der Waals surface area contributed by atoms with Gasteiger partial charge in [-0.15, -0.1) is 38.2 Å². The zero-order chi connectivity index (χ0) is 49.9. The summed E-state index contributed by atoms with van der Waals surface area (Å²) in [4.78, 5) is 10.1. The maximum absolute atomic E-state index is 6.89. The molecule has 0 fully saturated rings. The topological polar surface area (TPSA) is 30.7 Å². The second kappa shape index (κ2) is 17.7. The predicted octanol–water partition coefficient (Wildman–Crippen LogP) is -7.44. The highest BCUT2D eigenvalue weighted by Gasteiger charge is 2.25. The molecule has 0 spiro atoms. The van der Waals surface area contributed by atoms with Crippen molar-refractivity contribution in [2.45, 2.75) is 0 Å². The molecule has 0 saturated carbocycles. The molecule has 0 atom stereocenters. The second-order valence-electron chi connectivity index (χ2n) is 17.0. The van der Waals surface area contributed by atoms with Crippen LogP contribution in [0.25, 0.3) is 94.4 Å². The fraction of sp³-hybridized carbons (Fsp3) is 0. The van der Waals surface area contributed by atoms with Crippen LogP contribution in [0, 0.1) is 0 Å². The summed E-state index contributed by atoms with van der Waals surface area (Å²) in [5.41, 5.74) is 7.69. The summed E-state index contributed by atoms with van der Waals surface area (Å²) in [7, 11) is 111. The molecule has 2 heterocycles. The van der Waals surface area contributed by atoms with Crippen LogP contribution in [0.3, 0.4) is 0 Å². The number of benzene rings is 8. The molecule has 3 nitrogen and oxygen atoms in total. The third-order valence-electron chi connectivity index (χ3n) is 13.2. The fourth-order valence-corrected chi connectivity index (χ4v) is 9.46. The lowest BCUT2D eigenvalue weighted by Crippen LogP contribution is -2.57. The quantitative estimate of drug-likeness (QED) is 0.156. The van der Waals surface area contributed by atoms with E-state index >= 15 is 0 Å². The minimum absolute atomic E-state index is 0.00655. The summed E-state index contributed by atoms with van der Waals surface area (Å²) in [6.45, 7) is 0. The lowest BCUT2D eigenvalue weighted by molar-refractivity contribution is 1.19. The van der Waals surface area contributed by atoms with E-state index in [0.717, 1.165) is 33.0 Å². The molecule has 20 heteroatoms. The van der Waals surface area contributed by atoms with Gasteiger partial charge < -0.3 is 4.57 Å². The average Bonchev–Trinajstić information content (AvgIpc) is 3.74. The van der Waals surface area contributed by atoms with E-state index in [-0.39, 0.29) is 110 Å². The van der Waals surface area contributed by atoms with Crippen molar-refractivity contribution >= 4 is 259 Å². The first-order valence-corrected chi connectivity index (χ1v) is 21.5. The van der Waals surface area contributed by atoms with Crippen molar-refractivity contribution in [2.75, 3.05) is 0 Å². The minimum atomic E-state index is 0.00655. The lowest BCUT2D eigenvalue weighted by Gasteiger charge is -2.28. The summed E-state index contributed by atoms with van der Waals surface area (Å²) < 4.78 is 1.82. The van der Waals surface area contributed by atoms with Crippen molar-refractivity contribution in [3.63, 3.8) is 0 Å². The zero-order valence-electron chi connectivity index (χ0n) is 37.4. The molecule has 0 amide bonds. The molecule has 0 aliphatic rings. The van der Waals surface area contributed by atoms with Gasteiger partial charge in [-0.2, -0.15) is 0 Å². The summed E-state index contributed by atoms with van der Waals surface area (Å²) in [5.74, 6) is 0.383. The molecule has 0 unspecified atom stereocenters. The van der Waals surface area contributed by atoms with Gasteiger partial charge in [0.1, 0.15) is 133 Å². The van der Waals surface area contributed by atoms with Crippen molar-refractivity contribution in [2.24, 2.45) is 0 Å². The highest BCUT2D eigenvalue weighted by atomic mass is 15.0. The normalized spacial score (nSPS) is 11.5. The van der Waals surface area contributed by atoms with Crippen molar-refractivity contribution in [3.8, 4) is 61.8 Å². The molecule has 0 N–H and O–H groups in total. The summed E-state index contributed by atoms with van der Waals surface area (Å²) in [6.07, 6.45) is 0. The maximum Gasteiger partial charge on any atom is 0.160 e. The molecule has 0 bridgehead atoms. The zero-order valence-corrected chi connectivity index (χ0v) is 37.4. The summed E-state index contributed by atoms with van der Waals surface area (Å²) in [5, 5.41) is 2.69. The summed E-state index contributed by atoms with van der Waals surface area (Å²) in [6, 6.07) is 31.0. The van der Waals surface area contributed by atoms with E-state index in [4.69, 9.17) is 143 Å². The van der Waals surface area contributed by atoms with Crippen LogP contribution in [0.5, 0.6) is 0 Å². The van der Waals surface area contributed by atoms with Crippen molar-refractivity contribution in [1.82, 2.24) is 14.5 Å². The largest absolute Gasteiger partial charge is 0.311 e. The van der Waals surface area contributed by atoms with E-state index in [1.807, 2.05) is 95.6 Å². The van der Waals surface area contributed by atoms with Crippen molar-refractivity contribution in [3.05, 3.63) is 97.1 Å². The molecule has 10 aromatic rings. The number of aromatic nitrogens is 3. The van der Waals surface area contributed by atoms with Gasteiger partial charge in [-0.25, -0.2) is 9.97 Å². The van der Waals surface area contributed by atoms with Gasteiger partial charge >= 0.3 is 0 Å². The third kappa shape index (κ3) is 7.12. The van der Waals surface area contributed by atoms with Gasteiger partial charge in [0.25, 0.3) is 0 Å². The maximum atomic E-state index is 6.89. The Bertz CT molecular complexity index is 3780. The second-order valence-corrected chi connectivity index (χ2v) is 17.0. The molecule has 34 radical (unpaired) electrons. The minimum Gasteiger partial charge on any atom is -0.311 e. The molecule has 0 aliphatic carbocycles. The summed E-state index contributed by atoms with van der Waals surface area (Å²) >= 11 is 0. The Morgan fingerprint density at radius 2 is 0.686 bits per heavy atom. The molecule has 70 heavy (non-hydrogen) atoms. The molecule has 8 aromatic carbocycles. The number of rotatable bonds is 6. The lowest BCUT2D eigenvalue weighted by atomic mass is 9.56. The van der Waals surface area contributed by atoms with Gasteiger partial charge in [0.15, 0.2) is 5.82 Å². The Morgan fingerprint density at radius 3 is 1.20 bits per heavy atom. The first-order valence-electron chi connectivity index (χ1n) is 21.5. The molecule has 10 rings (SSSR count). The van der Waals surface area contributed by atoms with E-state index in [2.05, 4.69) is 0 Å². The smallest absolute Gasteiger partial charge is 0.160 e. The van der Waals surface area contributed by atoms with Crippen LogP contribution in [0.2, 0.25) is 0 Å². The van der Waals surface area contributed by atoms with Gasteiger partial charge in [-0.1, -0.05) is 133 Å². The Balaban J connectivity index is 1.14. The van der Waals surface area contributed by atoms with E-state index in [9.17, 15) is 0 Å². The van der Waals surface area contributed by atoms with Crippen LogP contribution >= 0.6 is 0 Å². The average molecular weight is 843 g/mol. The Kier molecular flexibility index (Phi) is 12.0. The van der Waals surface area contributed by atoms with E-state index < -0.39 is 0 Å². The molecule has 2 aromatic heterocycles.